The van der Waals surface area contributed by atoms with Gasteiger partial charge in [-0.15, -0.1) is 0 Å². The summed E-state index contributed by atoms with van der Waals surface area (Å²) in [6.45, 7) is 6.27. The number of ether oxygens (including phenoxy) is 1. The van der Waals surface area contributed by atoms with Crippen LogP contribution in [0, 0.1) is 5.92 Å². The summed E-state index contributed by atoms with van der Waals surface area (Å²) in [5.41, 5.74) is 1.99. The number of aliphatic hydroxyl groups excluding tert-OH is 1. The van der Waals surface area contributed by atoms with Crippen LogP contribution in [-0.4, -0.2) is 75.6 Å². The lowest BCUT2D eigenvalue weighted by Crippen LogP contribution is -2.50. The van der Waals surface area contributed by atoms with E-state index in [1.54, 1.807) is 47.6 Å². The highest BCUT2D eigenvalue weighted by molar-refractivity contribution is 5.97. The van der Waals surface area contributed by atoms with Gasteiger partial charge in [0.05, 0.1) is 25.6 Å². The van der Waals surface area contributed by atoms with E-state index in [0.29, 0.717) is 18.7 Å². The Morgan fingerprint density at radius 1 is 1.42 bits per heavy atom. The third-order valence-corrected chi connectivity index (χ3v) is 5.86. The molecule has 2 aromatic rings. The van der Waals surface area contributed by atoms with Crippen LogP contribution in [0.2, 0.25) is 0 Å². The van der Waals surface area contributed by atoms with E-state index in [1.165, 1.54) is 0 Å². The van der Waals surface area contributed by atoms with Gasteiger partial charge >= 0.3 is 0 Å². The second kappa shape index (κ2) is 11.0. The first-order valence-electron chi connectivity index (χ1n) is 11.2. The van der Waals surface area contributed by atoms with Crippen molar-refractivity contribution in [2.75, 3.05) is 26.7 Å². The predicted octanol–water partition coefficient (Wildman–Crippen LogP) is 2.43. The van der Waals surface area contributed by atoms with Crippen LogP contribution in [-0.2, 0) is 11.2 Å². The lowest BCUT2D eigenvalue weighted by molar-refractivity contribution is -0.130. The highest BCUT2D eigenvalue weighted by Gasteiger charge is 2.34. The number of aliphatic hydroxyl groups is 1. The summed E-state index contributed by atoms with van der Waals surface area (Å²) in [5, 5.41) is 9.75. The Morgan fingerprint density at radius 3 is 2.88 bits per heavy atom. The minimum atomic E-state index is -0.381. The van der Waals surface area contributed by atoms with Gasteiger partial charge in [-0.05, 0) is 37.1 Å². The number of carbonyl (C=O) groups is 2. The van der Waals surface area contributed by atoms with Crippen LogP contribution < -0.4 is 4.74 Å². The van der Waals surface area contributed by atoms with Crippen LogP contribution in [0.25, 0.3) is 6.08 Å². The highest BCUT2D eigenvalue weighted by atomic mass is 16.5. The number of aromatic nitrogens is 2. The molecule has 0 saturated heterocycles. The zero-order valence-electron chi connectivity index (χ0n) is 19.6. The molecule has 2 aromatic heterocycles. The lowest BCUT2D eigenvalue weighted by atomic mass is 9.99. The Kier molecular flexibility index (Phi) is 8.16. The molecule has 0 saturated carbocycles. The number of carbonyl (C=O) groups excluding carboxylic acids is 2. The molecule has 2 amide bonds. The number of rotatable bonds is 7. The van der Waals surface area contributed by atoms with Crippen LogP contribution >= 0.6 is 0 Å². The van der Waals surface area contributed by atoms with Gasteiger partial charge in [-0.1, -0.05) is 25.1 Å². The molecule has 0 aromatic carbocycles. The van der Waals surface area contributed by atoms with Gasteiger partial charge in [0.1, 0.15) is 11.7 Å². The minimum Gasteiger partial charge on any atom is -0.472 e. The van der Waals surface area contributed by atoms with E-state index in [4.69, 9.17) is 4.74 Å². The van der Waals surface area contributed by atoms with Crippen molar-refractivity contribution in [1.29, 1.82) is 0 Å². The number of hydrogen-bond donors (Lipinski definition) is 1. The molecule has 1 aliphatic heterocycles. The summed E-state index contributed by atoms with van der Waals surface area (Å²) in [5.74, 6) is -0.124. The van der Waals surface area contributed by atoms with Crippen LogP contribution in [0.4, 0.5) is 0 Å². The number of fused-ring (bicyclic) bond motifs is 1. The molecular formula is C25H32N4O4. The summed E-state index contributed by atoms with van der Waals surface area (Å²) < 4.78 is 6.23. The molecule has 33 heavy (non-hydrogen) atoms. The first kappa shape index (κ1) is 24.4. The Balaban J connectivity index is 1.87. The molecule has 0 bridgehead atoms. The average molecular weight is 453 g/mol. The van der Waals surface area contributed by atoms with Crippen LogP contribution in [0.1, 0.15) is 42.3 Å². The largest absolute Gasteiger partial charge is 0.472 e. The van der Waals surface area contributed by atoms with Crippen molar-refractivity contribution in [3.8, 4) is 5.88 Å². The normalized spacial score (nSPS) is 19.4. The summed E-state index contributed by atoms with van der Waals surface area (Å²) in [6.07, 6.45) is 8.63. The van der Waals surface area contributed by atoms with Gasteiger partial charge in [-0.25, -0.2) is 4.98 Å². The van der Waals surface area contributed by atoms with Crippen molar-refractivity contribution >= 4 is 17.9 Å². The maximum atomic E-state index is 13.3. The fraction of sp³-hybridized carbons (Fsp3) is 0.440. The number of likely N-dealkylation sites (N-methyl/N-ethyl adjacent to an activating group) is 1. The summed E-state index contributed by atoms with van der Waals surface area (Å²) >= 11 is 0. The molecular weight excluding hydrogens is 420 g/mol. The first-order chi connectivity index (χ1) is 15.8. The lowest BCUT2D eigenvalue weighted by Gasteiger charge is -2.37. The molecule has 0 spiro atoms. The highest BCUT2D eigenvalue weighted by Crippen LogP contribution is 2.27. The quantitative estimate of drug-likeness (QED) is 0.693. The van der Waals surface area contributed by atoms with E-state index in [2.05, 4.69) is 9.97 Å². The summed E-state index contributed by atoms with van der Waals surface area (Å²) in [6, 6.07) is 5.07. The molecule has 3 rings (SSSR count). The Labute approximate surface area is 194 Å². The Hall–Kier alpha value is -3.26. The van der Waals surface area contributed by atoms with E-state index in [0.717, 1.165) is 11.1 Å². The number of allylic oxidation sites excluding steroid dienone is 1. The van der Waals surface area contributed by atoms with Crippen molar-refractivity contribution in [3.05, 3.63) is 59.6 Å². The molecule has 0 unspecified atom stereocenters. The molecule has 8 heteroatoms. The van der Waals surface area contributed by atoms with Crippen molar-refractivity contribution < 1.29 is 19.4 Å². The van der Waals surface area contributed by atoms with E-state index < -0.39 is 0 Å². The monoisotopic (exact) mass is 452 g/mol. The van der Waals surface area contributed by atoms with Gasteiger partial charge in [0.15, 0.2) is 0 Å². The van der Waals surface area contributed by atoms with Gasteiger partial charge < -0.3 is 19.6 Å². The van der Waals surface area contributed by atoms with Gasteiger partial charge in [-0.2, -0.15) is 0 Å². The number of pyridine rings is 2. The molecule has 0 fully saturated rings. The predicted molar refractivity (Wildman–Crippen MR) is 126 cm³/mol. The van der Waals surface area contributed by atoms with Crippen molar-refractivity contribution in [3.63, 3.8) is 0 Å². The molecule has 3 heterocycles. The molecule has 0 radical (unpaired) electrons. The standard InChI is InChI=1S/C25H32N4O4/c1-5-7-19-10-21-24(27-13-19)33-22(17(2)14-29(25(21)32)18(3)16-30)15-28(4)23(31)11-20-8-6-9-26-12-20/h5-10,12-13,17-18,22,30H,11,14-16H2,1-4H3/b7-5+/t17-,18+,22-/m1/s1. The summed E-state index contributed by atoms with van der Waals surface area (Å²) in [4.78, 5) is 37.9. The van der Waals surface area contributed by atoms with E-state index in [9.17, 15) is 14.7 Å². The maximum absolute atomic E-state index is 13.3. The summed E-state index contributed by atoms with van der Waals surface area (Å²) in [7, 11) is 1.75. The zero-order chi connectivity index (χ0) is 24.0. The topological polar surface area (TPSA) is 95.9 Å². The Morgan fingerprint density at radius 2 is 2.21 bits per heavy atom. The second-order valence-corrected chi connectivity index (χ2v) is 8.56. The first-order valence-corrected chi connectivity index (χ1v) is 11.2. The van der Waals surface area contributed by atoms with Gasteiger partial charge in [-0.3, -0.25) is 14.6 Å². The van der Waals surface area contributed by atoms with Crippen LogP contribution in [0.15, 0.2) is 42.9 Å². The molecule has 176 valence electrons. The third-order valence-electron chi connectivity index (χ3n) is 5.86. The van der Waals surface area contributed by atoms with E-state index in [1.807, 2.05) is 39.0 Å². The SMILES string of the molecule is C/C=C/c1cnc2c(c1)C(=O)N([C@@H](C)CO)C[C@@H](C)[C@@H](CN(C)C(=O)Cc1cccnc1)O2. The van der Waals surface area contributed by atoms with E-state index >= 15 is 0 Å². The fourth-order valence-electron chi connectivity index (χ4n) is 3.80. The average Bonchev–Trinajstić information content (AvgIpc) is 2.82. The molecule has 0 aliphatic carbocycles. The number of hydrogen-bond acceptors (Lipinski definition) is 6. The van der Waals surface area contributed by atoms with Crippen LogP contribution in [0.3, 0.4) is 0 Å². The molecule has 1 N–H and O–H groups in total. The molecule has 1 aliphatic rings. The van der Waals surface area contributed by atoms with Gasteiger partial charge in [0.2, 0.25) is 11.8 Å². The third kappa shape index (κ3) is 5.96. The smallest absolute Gasteiger partial charge is 0.259 e. The second-order valence-electron chi connectivity index (χ2n) is 8.56. The van der Waals surface area contributed by atoms with Gasteiger partial charge in [0.25, 0.3) is 5.91 Å². The van der Waals surface area contributed by atoms with E-state index in [-0.39, 0.29) is 48.8 Å². The molecule has 3 atom stereocenters. The van der Waals surface area contributed by atoms with Crippen molar-refractivity contribution in [2.45, 2.75) is 39.3 Å². The Bertz CT molecular complexity index is 995. The molecule has 8 nitrogen and oxygen atoms in total. The number of amides is 2. The van der Waals surface area contributed by atoms with Crippen molar-refractivity contribution in [1.82, 2.24) is 19.8 Å². The fourth-order valence-corrected chi connectivity index (χ4v) is 3.80. The zero-order valence-corrected chi connectivity index (χ0v) is 19.6. The maximum Gasteiger partial charge on any atom is 0.259 e. The number of nitrogens with zero attached hydrogens (tertiary/aromatic N) is 4. The van der Waals surface area contributed by atoms with Crippen molar-refractivity contribution in [2.24, 2.45) is 5.92 Å². The van der Waals surface area contributed by atoms with Crippen LogP contribution in [0.5, 0.6) is 5.88 Å². The minimum absolute atomic E-state index is 0.0471. The van der Waals surface area contributed by atoms with Gasteiger partial charge in [0, 0.05) is 38.1 Å².